The molecule has 0 N–H and O–H groups in total. The molecule has 1 fully saturated rings. The molecule has 2 aromatic heterocycles. The third-order valence-electron chi connectivity index (χ3n) is 3.73. The van der Waals surface area contributed by atoms with Crippen LogP contribution in [0, 0.1) is 0 Å². The van der Waals surface area contributed by atoms with Gasteiger partial charge in [-0.1, -0.05) is 0 Å². The largest absolute Gasteiger partial charge is 0.310 e. The zero-order valence-corrected chi connectivity index (χ0v) is 14.7. The number of pyridine rings is 1. The lowest BCUT2D eigenvalue weighted by molar-refractivity contribution is 0.504. The van der Waals surface area contributed by atoms with Crippen molar-refractivity contribution in [1.29, 1.82) is 0 Å². The summed E-state index contributed by atoms with van der Waals surface area (Å²) in [5.41, 5.74) is 1.85. The Morgan fingerprint density at radius 3 is 3.05 bits per heavy atom. The van der Waals surface area contributed by atoms with Gasteiger partial charge < -0.3 is 4.57 Å². The highest BCUT2D eigenvalue weighted by atomic mass is 79.9. The summed E-state index contributed by atoms with van der Waals surface area (Å²) in [7, 11) is 0. The van der Waals surface area contributed by atoms with Crippen molar-refractivity contribution in [1.82, 2.24) is 14.5 Å². The second-order valence-corrected chi connectivity index (χ2v) is 8.82. The normalized spacial score (nSPS) is 24.4. The highest BCUT2D eigenvalue weighted by Crippen LogP contribution is 2.40. The third kappa shape index (κ3) is 2.72. The molecule has 0 saturated carbocycles. The summed E-state index contributed by atoms with van der Waals surface area (Å²) in [6.07, 6.45) is 4.36. The van der Waals surface area contributed by atoms with Gasteiger partial charge in [0.05, 0.1) is 5.38 Å². The summed E-state index contributed by atoms with van der Waals surface area (Å²) < 4.78 is 3.42. The van der Waals surface area contributed by atoms with Crippen LogP contribution >= 0.6 is 39.3 Å². The molecular formula is C14H17BrClN3S. The molecule has 3 heterocycles. The monoisotopic (exact) mass is 373 g/mol. The molecule has 2 aromatic rings. The van der Waals surface area contributed by atoms with Crippen molar-refractivity contribution in [3.8, 4) is 0 Å². The summed E-state index contributed by atoms with van der Waals surface area (Å²) >= 11 is 11.8. The molecule has 0 amide bonds. The Bertz CT molecular complexity index is 635. The van der Waals surface area contributed by atoms with Crippen molar-refractivity contribution in [3.63, 3.8) is 0 Å². The number of hydrogen-bond acceptors (Lipinski definition) is 3. The molecule has 0 radical (unpaired) electrons. The van der Waals surface area contributed by atoms with Gasteiger partial charge in [-0.05, 0) is 54.4 Å². The van der Waals surface area contributed by atoms with Gasteiger partial charge in [0, 0.05) is 22.0 Å². The quantitative estimate of drug-likeness (QED) is 0.724. The smallest absolute Gasteiger partial charge is 0.160 e. The fraction of sp³-hybridized carbons (Fsp3) is 0.571. The van der Waals surface area contributed by atoms with E-state index in [1.165, 1.54) is 18.6 Å². The lowest BCUT2D eigenvalue weighted by Crippen LogP contribution is -2.25. The average molecular weight is 375 g/mol. The summed E-state index contributed by atoms with van der Waals surface area (Å²) in [6, 6.07) is 2.01. The van der Waals surface area contributed by atoms with Gasteiger partial charge in [-0.2, -0.15) is 11.8 Å². The first-order valence-corrected chi connectivity index (χ1v) is 9.00. The van der Waals surface area contributed by atoms with E-state index in [2.05, 4.69) is 37.4 Å². The van der Waals surface area contributed by atoms with E-state index in [0.717, 1.165) is 28.0 Å². The van der Waals surface area contributed by atoms with Crippen LogP contribution in [0.1, 0.15) is 37.9 Å². The zero-order valence-electron chi connectivity index (χ0n) is 11.6. The molecule has 1 saturated heterocycles. The van der Waals surface area contributed by atoms with Gasteiger partial charge in [0.2, 0.25) is 0 Å². The minimum Gasteiger partial charge on any atom is -0.310 e. The Morgan fingerprint density at radius 2 is 2.40 bits per heavy atom. The lowest BCUT2D eigenvalue weighted by atomic mass is 10.1. The molecule has 20 heavy (non-hydrogen) atoms. The maximum atomic E-state index is 6.32. The van der Waals surface area contributed by atoms with Crippen LogP contribution in [0.15, 0.2) is 16.7 Å². The number of aromatic nitrogens is 3. The van der Waals surface area contributed by atoms with E-state index in [4.69, 9.17) is 11.6 Å². The van der Waals surface area contributed by atoms with Crippen molar-refractivity contribution in [2.75, 3.05) is 5.75 Å². The fourth-order valence-electron chi connectivity index (χ4n) is 2.76. The maximum Gasteiger partial charge on any atom is 0.160 e. The van der Waals surface area contributed by atoms with Gasteiger partial charge in [-0.3, -0.25) is 0 Å². The number of alkyl halides is 1. The Hall–Kier alpha value is -0.260. The molecule has 2 unspecified atom stereocenters. The van der Waals surface area contributed by atoms with Crippen molar-refractivity contribution >= 4 is 50.5 Å². The lowest BCUT2D eigenvalue weighted by Gasteiger charge is -2.24. The molecule has 6 heteroatoms. The predicted octanol–water partition coefficient (Wildman–Crippen LogP) is 4.78. The van der Waals surface area contributed by atoms with Gasteiger partial charge in [0.25, 0.3) is 0 Å². The standard InChI is InChI=1S/C14H17BrClN3S/c1-9(16)12-18-11-6-10(15)7-17-13(11)19(12)8-14(2)4-3-5-20-14/h6-7,9H,3-5,8H2,1-2H3. The average Bonchev–Trinajstić information content (AvgIpc) is 2.94. The van der Waals surface area contributed by atoms with Crippen LogP contribution in [-0.2, 0) is 6.54 Å². The van der Waals surface area contributed by atoms with E-state index in [1.54, 1.807) is 0 Å². The van der Waals surface area contributed by atoms with Crippen LogP contribution in [0.5, 0.6) is 0 Å². The second-order valence-electron chi connectivity index (χ2n) is 5.57. The van der Waals surface area contributed by atoms with Crippen molar-refractivity contribution < 1.29 is 0 Å². The SMILES string of the molecule is CC(Cl)c1nc2cc(Br)cnc2n1CC1(C)CCCS1. The predicted molar refractivity (Wildman–Crippen MR) is 89.6 cm³/mol. The van der Waals surface area contributed by atoms with Gasteiger partial charge in [-0.25, -0.2) is 9.97 Å². The summed E-state index contributed by atoms with van der Waals surface area (Å²) in [4.78, 5) is 9.22. The number of hydrogen-bond donors (Lipinski definition) is 0. The molecule has 1 aliphatic rings. The van der Waals surface area contributed by atoms with Crippen LogP contribution < -0.4 is 0 Å². The van der Waals surface area contributed by atoms with Crippen LogP contribution in [0.2, 0.25) is 0 Å². The zero-order chi connectivity index (χ0) is 14.3. The molecule has 1 aliphatic heterocycles. The first-order valence-electron chi connectivity index (χ1n) is 6.78. The minimum absolute atomic E-state index is 0.113. The number of nitrogens with zero attached hydrogens (tertiary/aromatic N) is 3. The minimum atomic E-state index is -0.113. The van der Waals surface area contributed by atoms with E-state index < -0.39 is 0 Å². The van der Waals surface area contributed by atoms with Gasteiger partial charge in [0.15, 0.2) is 5.65 Å². The van der Waals surface area contributed by atoms with Gasteiger partial charge >= 0.3 is 0 Å². The van der Waals surface area contributed by atoms with Crippen molar-refractivity contribution in [3.05, 3.63) is 22.6 Å². The number of halogens is 2. The highest BCUT2D eigenvalue weighted by molar-refractivity contribution is 9.10. The first kappa shape index (κ1) is 14.7. The molecule has 0 bridgehead atoms. The Balaban J connectivity index is 2.09. The molecule has 3 nitrogen and oxygen atoms in total. The van der Waals surface area contributed by atoms with Crippen LogP contribution in [0.3, 0.4) is 0 Å². The van der Waals surface area contributed by atoms with Crippen LogP contribution in [0.4, 0.5) is 0 Å². The van der Waals surface area contributed by atoms with Gasteiger partial charge in [0.1, 0.15) is 11.3 Å². The summed E-state index contributed by atoms with van der Waals surface area (Å²) in [5.74, 6) is 2.16. The van der Waals surface area contributed by atoms with Crippen LogP contribution in [0.25, 0.3) is 11.2 Å². The number of imidazole rings is 1. The maximum absolute atomic E-state index is 6.32. The number of fused-ring (bicyclic) bond motifs is 1. The van der Waals surface area contributed by atoms with Crippen molar-refractivity contribution in [2.24, 2.45) is 0 Å². The van der Waals surface area contributed by atoms with E-state index in [-0.39, 0.29) is 10.1 Å². The molecule has 0 aromatic carbocycles. The third-order valence-corrected chi connectivity index (χ3v) is 5.88. The Morgan fingerprint density at radius 1 is 1.60 bits per heavy atom. The van der Waals surface area contributed by atoms with E-state index in [9.17, 15) is 0 Å². The molecule has 0 spiro atoms. The molecular weight excluding hydrogens is 358 g/mol. The number of rotatable bonds is 3. The topological polar surface area (TPSA) is 30.7 Å². The summed E-state index contributed by atoms with van der Waals surface area (Å²) in [6.45, 7) is 5.23. The molecule has 2 atom stereocenters. The van der Waals surface area contributed by atoms with E-state index in [1.807, 2.05) is 30.9 Å². The first-order chi connectivity index (χ1) is 9.48. The van der Waals surface area contributed by atoms with Gasteiger partial charge in [-0.15, -0.1) is 11.6 Å². The van der Waals surface area contributed by atoms with E-state index >= 15 is 0 Å². The number of thioether (sulfide) groups is 1. The molecule has 3 rings (SSSR count). The molecule has 108 valence electrons. The van der Waals surface area contributed by atoms with Crippen LogP contribution in [-0.4, -0.2) is 25.0 Å². The Kier molecular flexibility index (Phi) is 4.04. The summed E-state index contributed by atoms with van der Waals surface area (Å²) in [5, 5.41) is -0.113. The highest BCUT2D eigenvalue weighted by Gasteiger charge is 2.32. The second kappa shape index (κ2) is 5.50. The fourth-order valence-corrected chi connectivity index (χ4v) is 4.54. The Labute approximate surface area is 136 Å². The van der Waals surface area contributed by atoms with Crippen molar-refractivity contribution in [2.45, 2.75) is 43.4 Å². The van der Waals surface area contributed by atoms with E-state index in [0.29, 0.717) is 0 Å². The molecule has 0 aliphatic carbocycles.